The Kier molecular flexibility index (Phi) is 3.30. The minimum absolute atomic E-state index is 0.662. The van der Waals surface area contributed by atoms with E-state index in [-0.39, 0.29) is 0 Å². The highest BCUT2D eigenvalue weighted by molar-refractivity contribution is 5.77. The molecule has 0 spiro atoms. The summed E-state index contributed by atoms with van der Waals surface area (Å²) in [7, 11) is 0. The molecule has 0 aliphatic heterocycles. The van der Waals surface area contributed by atoms with Gasteiger partial charge in [-0.3, -0.25) is 4.57 Å². The normalized spacial score (nSPS) is 10.9. The monoisotopic (exact) mass is 268 g/mol. The van der Waals surface area contributed by atoms with Crippen LogP contribution in [0.1, 0.15) is 18.9 Å². The zero-order chi connectivity index (χ0) is 13.9. The zero-order valence-corrected chi connectivity index (χ0v) is 11.2. The molecule has 102 valence electrons. The first-order valence-corrected chi connectivity index (χ1v) is 6.58. The number of hydrazine groups is 1. The predicted octanol–water partition coefficient (Wildman–Crippen LogP) is 2.05. The van der Waals surface area contributed by atoms with Gasteiger partial charge < -0.3 is 5.43 Å². The second-order valence-electron chi connectivity index (χ2n) is 4.52. The molecular formula is C14H16N6. The molecule has 0 radical (unpaired) electrons. The molecule has 0 fully saturated rings. The van der Waals surface area contributed by atoms with Gasteiger partial charge in [-0.2, -0.15) is 0 Å². The van der Waals surface area contributed by atoms with Gasteiger partial charge in [-0.15, -0.1) is 0 Å². The van der Waals surface area contributed by atoms with E-state index in [1.165, 1.54) is 6.33 Å². The first kappa shape index (κ1) is 12.6. The third-order valence-corrected chi connectivity index (χ3v) is 3.24. The smallest absolute Gasteiger partial charge is 0.148 e. The first-order chi connectivity index (χ1) is 9.85. The van der Waals surface area contributed by atoms with Gasteiger partial charge in [0.1, 0.15) is 24.3 Å². The lowest BCUT2D eigenvalue weighted by molar-refractivity contribution is 0.868. The summed E-state index contributed by atoms with van der Waals surface area (Å²) in [6, 6.07) is 7.97. The molecule has 1 aromatic carbocycles. The van der Waals surface area contributed by atoms with Crippen LogP contribution in [0.4, 0.5) is 5.82 Å². The topological polar surface area (TPSA) is 81.6 Å². The Morgan fingerprint density at radius 3 is 2.85 bits per heavy atom. The number of fused-ring (bicyclic) bond motifs is 1. The van der Waals surface area contributed by atoms with E-state index in [0.29, 0.717) is 5.82 Å². The van der Waals surface area contributed by atoms with E-state index in [1.807, 2.05) is 28.8 Å². The second kappa shape index (κ2) is 5.26. The summed E-state index contributed by atoms with van der Waals surface area (Å²) in [5.41, 5.74) is 5.61. The highest BCUT2D eigenvalue weighted by atomic mass is 15.3. The average Bonchev–Trinajstić information content (AvgIpc) is 2.92. The number of nitrogens with two attached hydrogens (primary N) is 1. The summed E-state index contributed by atoms with van der Waals surface area (Å²) < 4.78 is 1.98. The first-order valence-electron chi connectivity index (χ1n) is 6.58. The Hall–Kier alpha value is -2.47. The molecule has 2 aromatic heterocycles. The van der Waals surface area contributed by atoms with E-state index in [1.54, 1.807) is 6.33 Å². The van der Waals surface area contributed by atoms with Crippen LogP contribution < -0.4 is 11.3 Å². The van der Waals surface area contributed by atoms with Crippen LogP contribution in [0.3, 0.4) is 0 Å². The zero-order valence-electron chi connectivity index (χ0n) is 11.2. The number of hydrogen-bond acceptors (Lipinski definition) is 5. The summed E-state index contributed by atoms with van der Waals surface area (Å²) in [5.74, 6) is 7.04. The second-order valence-corrected chi connectivity index (χ2v) is 4.52. The van der Waals surface area contributed by atoms with Crippen LogP contribution in [0.5, 0.6) is 0 Å². The summed E-state index contributed by atoms with van der Waals surface area (Å²) in [5, 5.41) is 0. The Bertz CT molecular complexity index is 733. The van der Waals surface area contributed by atoms with Gasteiger partial charge in [0.15, 0.2) is 0 Å². The van der Waals surface area contributed by atoms with Gasteiger partial charge in [-0.05, 0) is 18.6 Å². The summed E-state index contributed by atoms with van der Waals surface area (Å²) in [6.07, 6.45) is 5.13. The third kappa shape index (κ3) is 2.00. The number of imidazole rings is 1. The van der Waals surface area contributed by atoms with E-state index < -0.39 is 0 Å². The Labute approximate surface area is 116 Å². The van der Waals surface area contributed by atoms with Crippen molar-refractivity contribution in [3.8, 4) is 5.82 Å². The minimum atomic E-state index is 0.662. The van der Waals surface area contributed by atoms with Crippen molar-refractivity contribution in [2.45, 2.75) is 19.8 Å². The van der Waals surface area contributed by atoms with Gasteiger partial charge in [0.05, 0.1) is 11.0 Å². The molecule has 3 rings (SSSR count). The maximum absolute atomic E-state index is 5.55. The van der Waals surface area contributed by atoms with Crippen molar-refractivity contribution >= 4 is 16.9 Å². The molecule has 0 atom stereocenters. The number of hydrogen-bond donors (Lipinski definition) is 2. The SMILES string of the molecule is CCCc1c(NN)ncnc1-n1cnc2ccccc21. The molecular weight excluding hydrogens is 252 g/mol. The maximum Gasteiger partial charge on any atom is 0.148 e. The quantitative estimate of drug-likeness (QED) is 0.559. The molecule has 2 heterocycles. The molecule has 0 unspecified atom stereocenters. The summed E-state index contributed by atoms with van der Waals surface area (Å²) >= 11 is 0. The van der Waals surface area contributed by atoms with Crippen LogP contribution in [0.2, 0.25) is 0 Å². The maximum atomic E-state index is 5.55. The van der Waals surface area contributed by atoms with E-state index >= 15 is 0 Å². The van der Waals surface area contributed by atoms with Crippen LogP contribution in [0, 0.1) is 0 Å². The lowest BCUT2D eigenvalue weighted by Gasteiger charge is -2.12. The van der Waals surface area contributed by atoms with Gasteiger partial charge >= 0.3 is 0 Å². The van der Waals surface area contributed by atoms with Crippen LogP contribution in [-0.4, -0.2) is 19.5 Å². The number of nitrogens with zero attached hydrogens (tertiary/aromatic N) is 4. The van der Waals surface area contributed by atoms with Gasteiger partial charge in [0.25, 0.3) is 0 Å². The van der Waals surface area contributed by atoms with Crippen LogP contribution in [0.15, 0.2) is 36.9 Å². The van der Waals surface area contributed by atoms with Crippen molar-refractivity contribution in [1.82, 2.24) is 19.5 Å². The highest BCUT2D eigenvalue weighted by Gasteiger charge is 2.13. The Morgan fingerprint density at radius 1 is 1.20 bits per heavy atom. The van der Waals surface area contributed by atoms with Gasteiger partial charge in [0, 0.05) is 5.56 Å². The third-order valence-electron chi connectivity index (χ3n) is 3.24. The molecule has 3 N–H and O–H groups in total. The summed E-state index contributed by atoms with van der Waals surface area (Å²) in [6.45, 7) is 2.11. The molecule has 0 saturated heterocycles. The van der Waals surface area contributed by atoms with E-state index in [4.69, 9.17) is 5.84 Å². The average molecular weight is 268 g/mol. The van der Waals surface area contributed by atoms with Crippen molar-refractivity contribution < 1.29 is 0 Å². The molecule has 0 saturated carbocycles. The van der Waals surface area contributed by atoms with E-state index in [9.17, 15) is 0 Å². The molecule has 0 bridgehead atoms. The van der Waals surface area contributed by atoms with Crippen molar-refractivity contribution in [2.75, 3.05) is 5.43 Å². The minimum Gasteiger partial charge on any atom is -0.308 e. The van der Waals surface area contributed by atoms with Crippen LogP contribution in [0.25, 0.3) is 16.9 Å². The molecule has 6 nitrogen and oxygen atoms in total. The van der Waals surface area contributed by atoms with Crippen molar-refractivity contribution in [3.05, 3.63) is 42.5 Å². The van der Waals surface area contributed by atoms with E-state index in [2.05, 4.69) is 27.3 Å². The molecule has 0 amide bonds. The Balaban J connectivity index is 2.23. The number of anilines is 1. The van der Waals surface area contributed by atoms with E-state index in [0.717, 1.165) is 35.3 Å². The van der Waals surface area contributed by atoms with Crippen LogP contribution >= 0.6 is 0 Å². The largest absolute Gasteiger partial charge is 0.308 e. The summed E-state index contributed by atoms with van der Waals surface area (Å²) in [4.78, 5) is 13.0. The molecule has 20 heavy (non-hydrogen) atoms. The molecule has 0 aliphatic carbocycles. The van der Waals surface area contributed by atoms with Crippen molar-refractivity contribution in [3.63, 3.8) is 0 Å². The van der Waals surface area contributed by atoms with Gasteiger partial charge in [-0.25, -0.2) is 20.8 Å². The standard InChI is InChI=1S/C14H16N6/c1-2-5-10-13(19-15)16-8-17-14(10)20-9-18-11-6-3-4-7-12(11)20/h3-4,6-9H,2,5,15H2,1H3,(H,16,17,19). The molecule has 3 aromatic rings. The number of para-hydroxylation sites is 2. The van der Waals surface area contributed by atoms with Crippen LogP contribution in [-0.2, 0) is 6.42 Å². The van der Waals surface area contributed by atoms with Gasteiger partial charge in [0.2, 0.25) is 0 Å². The molecule has 6 heteroatoms. The number of aromatic nitrogens is 4. The molecule has 0 aliphatic rings. The number of nitrogens with one attached hydrogen (secondary N) is 1. The Morgan fingerprint density at radius 2 is 2.05 bits per heavy atom. The van der Waals surface area contributed by atoms with Crippen molar-refractivity contribution in [2.24, 2.45) is 5.84 Å². The fourth-order valence-electron chi connectivity index (χ4n) is 2.34. The lowest BCUT2D eigenvalue weighted by Crippen LogP contribution is -2.14. The predicted molar refractivity (Wildman–Crippen MR) is 78.5 cm³/mol. The lowest BCUT2D eigenvalue weighted by atomic mass is 10.1. The fraction of sp³-hybridized carbons (Fsp3) is 0.214. The highest BCUT2D eigenvalue weighted by Crippen LogP contribution is 2.23. The number of nitrogen functional groups attached to an aromatic ring is 1. The fourth-order valence-corrected chi connectivity index (χ4v) is 2.34. The number of benzene rings is 1. The van der Waals surface area contributed by atoms with Gasteiger partial charge in [-0.1, -0.05) is 25.5 Å². The van der Waals surface area contributed by atoms with Crippen molar-refractivity contribution in [1.29, 1.82) is 0 Å². The number of rotatable bonds is 4.